The molecule has 0 aliphatic carbocycles. The second-order valence-electron chi connectivity index (χ2n) is 5.25. The Bertz CT molecular complexity index is 437. The largest absolute Gasteiger partial charge is 0.507 e. The van der Waals surface area contributed by atoms with Gasteiger partial charge in [0.15, 0.2) is 0 Å². The number of halogens is 3. The molecule has 1 aromatic rings. The van der Waals surface area contributed by atoms with Crippen LogP contribution in [0.25, 0.3) is 0 Å². The van der Waals surface area contributed by atoms with E-state index in [-0.39, 0.29) is 30.9 Å². The van der Waals surface area contributed by atoms with Crippen LogP contribution in [-0.2, 0) is 0 Å². The van der Waals surface area contributed by atoms with Gasteiger partial charge in [-0.2, -0.15) is 0 Å². The minimum Gasteiger partial charge on any atom is -0.507 e. The number of nitrogens with zero attached hydrogens (tertiary/aromatic N) is 1. The van der Waals surface area contributed by atoms with Gasteiger partial charge in [0.2, 0.25) is 0 Å². The molecule has 0 bridgehead atoms. The zero-order valence-corrected chi connectivity index (χ0v) is 15.0. The van der Waals surface area contributed by atoms with Gasteiger partial charge in [-0.3, -0.25) is 4.90 Å². The predicted molar refractivity (Wildman–Crippen MR) is 94.4 cm³/mol. The third-order valence-electron chi connectivity index (χ3n) is 3.81. The highest BCUT2D eigenvalue weighted by Crippen LogP contribution is 2.36. The van der Waals surface area contributed by atoms with Crippen LogP contribution in [0.2, 0.25) is 5.02 Å². The molecular weight excluding hydrogens is 331 g/mol. The number of piperazine rings is 1. The van der Waals surface area contributed by atoms with E-state index in [9.17, 15) is 5.11 Å². The number of hydrogen-bond acceptors (Lipinski definition) is 3. The number of benzene rings is 1. The van der Waals surface area contributed by atoms with Crippen molar-refractivity contribution in [1.82, 2.24) is 10.2 Å². The van der Waals surface area contributed by atoms with Crippen molar-refractivity contribution in [3.05, 3.63) is 28.3 Å². The molecule has 0 radical (unpaired) electrons. The first-order chi connectivity index (χ1) is 9.13. The second-order valence-corrected chi connectivity index (χ2v) is 5.69. The highest BCUT2D eigenvalue weighted by Gasteiger charge is 2.24. The van der Waals surface area contributed by atoms with Gasteiger partial charge in [-0.1, -0.05) is 24.9 Å². The van der Waals surface area contributed by atoms with E-state index in [0.29, 0.717) is 10.8 Å². The quantitative estimate of drug-likeness (QED) is 0.858. The maximum atomic E-state index is 10.3. The van der Waals surface area contributed by atoms with E-state index in [1.807, 2.05) is 19.1 Å². The number of nitrogens with one attached hydrogen (secondary N) is 1. The highest BCUT2D eigenvalue weighted by atomic mass is 35.5. The van der Waals surface area contributed by atoms with E-state index in [4.69, 9.17) is 11.6 Å². The first kappa shape index (κ1) is 20.8. The van der Waals surface area contributed by atoms with Gasteiger partial charge in [0.25, 0.3) is 0 Å². The molecule has 2 rings (SSSR count). The summed E-state index contributed by atoms with van der Waals surface area (Å²) in [6.07, 6.45) is 2.15. The summed E-state index contributed by atoms with van der Waals surface area (Å²) in [6.45, 7) is 8.17. The molecule has 1 atom stereocenters. The zero-order chi connectivity index (χ0) is 13.8. The van der Waals surface area contributed by atoms with Gasteiger partial charge < -0.3 is 10.4 Å². The number of rotatable bonds is 4. The van der Waals surface area contributed by atoms with Gasteiger partial charge in [0.1, 0.15) is 5.75 Å². The summed E-state index contributed by atoms with van der Waals surface area (Å²) in [4.78, 5) is 2.45. The number of aryl methyl sites for hydroxylation is 1. The van der Waals surface area contributed by atoms with Gasteiger partial charge in [-0.05, 0) is 31.0 Å². The molecule has 1 aliphatic heterocycles. The summed E-state index contributed by atoms with van der Waals surface area (Å²) in [6, 6.07) is 4.01. The van der Waals surface area contributed by atoms with Crippen molar-refractivity contribution >= 4 is 36.4 Å². The van der Waals surface area contributed by atoms with Crippen molar-refractivity contribution in [2.45, 2.75) is 32.7 Å². The molecule has 21 heavy (non-hydrogen) atoms. The molecule has 0 aromatic heterocycles. The Kier molecular flexibility index (Phi) is 9.66. The van der Waals surface area contributed by atoms with Crippen molar-refractivity contribution in [3.8, 4) is 5.75 Å². The third kappa shape index (κ3) is 5.19. The lowest BCUT2D eigenvalue weighted by atomic mass is 9.97. The van der Waals surface area contributed by atoms with Crippen LogP contribution < -0.4 is 5.32 Å². The molecule has 1 aromatic carbocycles. The topological polar surface area (TPSA) is 35.5 Å². The SMILES string of the molecule is CCC[C@@H](c1cc(Cl)cc(C)c1O)N1CCNCC1.Cl.Cl. The molecular formula is C15H25Cl3N2O. The lowest BCUT2D eigenvalue weighted by Crippen LogP contribution is -2.45. The summed E-state index contributed by atoms with van der Waals surface area (Å²) in [5.74, 6) is 0.404. The first-order valence-electron chi connectivity index (χ1n) is 7.07. The molecule has 3 nitrogen and oxygen atoms in total. The van der Waals surface area contributed by atoms with Gasteiger partial charge in [0, 0.05) is 42.8 Å². The first-order valence-corrected chi connectivity index (χ1v) is 7.45. The fraction of sp³-hybridized carbons (Fsp3) is 0.600. The second kappa shape index (κ2) is 9.75. The number of phenols is 1. The van der Waals surface area contributed by atoms with E-state index < -0.39 is 0 Å². The van der Waals surface area contributed by atoms with Crippen LogP contribution in [0, 0.1) is 6.92 Å². The van der Waals surface area contributed by atoms with Crippen molar-refractivity contribution in [2.24, 2.45) is 0 Å². The number of hydrogen-bond donors (Lipinski definition) is 2. The molecule has 0 amide bonds. The fourth-order valence-electron chi connectivity index (χ4n) is 2.82. The molecule has 1 heterocycles. The zero-order valence-electron chi connectivity index (χ0n) is 12.6. The van der Waals surface area contributed by atoms with Crippen LogP contribution in [0.15, 0.2) is 12.1 Å². The Labute approximate surface area is 144 Å². The summed E-state index contributed by atoms with van der Waals surface area (Å²) in [5.41, 5.74) is 1.84. The number of aromatic hydroxyl groups is 1. The van der Waals surface area contributed by atoms with E-state index >= 15 is 0 Å². The molecule has 1 saturated heterocycles. The molecule has 0 unspecified atom stereocenters. The van der Waals surface area contributed by atoms with Crippen molar-refractivity contribution in [2.75, 3.05) is 26.2 Å². The van der Waals surface area contributed by atoms with Crippen LogP contribution >= 0.6 is 36.4 Å². The summed E-state index contributed by atoms with van der Waals surface area (Å²) in [5, 5.41) is 14.4. The average molecular weight is 356 g/mol. The Hall–Kier alpha value is -0.190. The Morgan fingerprint density at radius 2 is 1.90 bits per heavy atom. The standard InChI is InChI=1S/C15H23ClN2O.2ClH/c1-3-4-14(18-7-5-17-6-8-18)13-10-12(16)9-11(2)15(13)19;;/h9-10,14,17,19H,3-8H2,1-2H3;2*1H/t14-;;/m0../s1. The maximum absolute atomic E-state index is 10.3. The minimum absolute atomic E-state index is 0. The molecule has 6 heteroatoms. The summed E-state index contributed by atoms with van der Waals surface area (Å²) in [7, 11) is 0. The van der Waals surface area contributed by atoms with E-state index in [2.05, 4.69) is 17.1 Å². The predicted octanol–water partition coefficient (Wildman–Crippen LogP) is 3.94. The average Bonchev–Trinajstić information content (AvgIpc) is 2.41. The Balaban J connectivity index is 0.00000200. The summed E-state index contributed by atoms with van der Waals surface area (Å²) < 4.78 is 0. The normalized spacial score (nSPS) is 16.7. The smallest absolute Gasteiger partial charge is 0.123 e. The van der Waals surface area contributed by atoms with Crippen molar-refractivity contribution in [3.63, 3.8) is 0 Å². The van der Waals surface area contributed by atoms with Crippen LogP contribution in [0.4, 0.5) is 0 Å². The highest BCUT2D eigenvalue weighted by molar-refractivity contribution is 6.30. The van der Waals surface area contributed by atoms with E-state index in [1.165, 1.54) is 0 Å². The summed E-state index contributed by atoms with van der Waals surface area (Å²) >= 11 is 6.16. The van der Waals surface area contributed by atoms with Crippen molar-refractivity contribution < 1.29 is 5.11 Å². The molecule has 0 spiro atoms. The molecule has 1 aliphatic rings. The Morgan fingerprint density at radius 3 is 2.48 bits per heavy atom. The monoisotopic (exact) mass is 354 g/mol. The van der Waals surface area contributed by atoms with E-state index in [0.717, 1.165) is 50.1 Å². The number of phenolic OH excluding ortho intramolecular Hbond substituents is 1. The molecule has 1 fully saturated rings. The Morgan fingerprint density at radius 1 is 1.29 bits per heavy atom. The van der Waals surface area contributed by atoms with Crippen molar-refractivity contribution in [1.29, 1.82) is 0 Å². The van der Waals surface area contributed by atoms with Crippen LogP contribution in [0.5, 0.6) is 5.75 Å². The lowest BCUT2D eigenvalue weighted by molar-refractivity contribution is 0.162. The molecule has 2 N–H and O–H groups in total. The lowest BCUT2D eigenvalue weighted by Gasteiger charge is -2.35. The molecule has 0 saturated carbocycles. The van der Waals surface area contributed by atoms with Gasteiger partial charge >= 0.3 is 0 Å². The van der Waals surface area contributed by atoms with Gasteiger partial charge in [0.05, 0.1) is 0 Å². The fourth-order valence-corrected chi connectivity index (χ4v) is 3.10. The van der Waals surface area contributed by atoms with Crippen LogP contribution in [-0.4, -0.2) is 36.2 Å². The van der Waals surface area contributed by atoms with E-state index in [1.54, 1.807) is 0 Å². The van der Waals surface area contributed by atoms with Crippen LogP contribution in [0.3, 0.4) is 0 Å². The third-order valence-corrected chi connectivity index (χ3v) is 4.03. The van der Waals surface area contributed by atoms with Gasteiger partial charge in [-0.25, -0.2) is 0 Å². The van der Waals surface area contributed by atoms with Gasteiger partial charge in [-0.15, -0.1) is 24.8 Å². The maximum Gasteiger partial charge on any atom is 0.123 e. The van der Waals surface area contributed by atoms with Crippen LogP contribution in [0.1, 0.15) is 36.9 Å². The molecule has 122 valence electrons. The minimum atomic E-state index is 0.